The highest BCUT2D eigenvalue weighted by Gasteiger charge is 2.44. The van der Waals surface area contributed by atoms with Crippen molar-refractivity contribution in [2.45, 2.75) is 37.8 Å². The zero-order chi connectivity index (χ0) is 29.2. The zero-order valence-electron chi connectivity index (χ0n) is 19.9. The van der Waals surface area contributed by atoms with Gasteiger partial charge in [0.2, 0.25) is 0 Å². The molecule has 1 aromatic carbocycles. The molecule has 0 bridgehead atoms. The first-order valence-corrected chi connectivity index (χ1v) is 15.3. The van der Waals surface area contributed by atoms with Crippen LogP contribution in [-0.4, -0.2) is 53.9 Å². The summed E-state index contributed by atoms with van der Waals surface area (Å²) in [6.45, 7) is 0.719. The Morgan fingerprint density at radius 2 is 1.82 bits per heavy atom. The third-order valence-corrected chi connectivity index (χ3v) is 8.89. The van der Waals surface area contributed by atoms with Gasteiger partial charge in [-0.05, 0) is 24.6 Å². The summed E-state index contributed by atoms with van der Waals surface area (Å²) in [5, 5.41) is 0. The summed E-state index contributed by atoms with van der Waals surface area (Å²) in [4.78, 5) is 65.3. The number of anilines is 1. The second kappa shape index (κ2) is 12.1. The molecule has 216 valence electrons. The number of esters is 1. The number of carbonyl (C=O) groups is 1. The molecule has 1 aliphatic heterocycles. The number of hydrogen-bond donors (Lipinski definition) is 6. The van der Waals surface area contributed by atoms with Crippen molar-refractivity contribution in [3.63, 3.8) is 0 Å². The SMILES string of the molecule is CC(N)c1ccccc1C(=O)O[C@@H]1CC(n2ccc(N)nc2=O)OC1COP(=O)(O)OP(=O)(O)OP(=O)(O)O. The number of aromatic nitrogens is 2. The molecule has 0 radical (unpaired) electrons. The van der Waals surface area contributed by atoms with E-state index in [-0.39, 0.29) is 17.8 Å². The average Bonchev–Trinajstić information content (AvgIpc) is 3.17. The highest BCUT2D eigenvalue weighted by molar-refractivity contribution is 7.66. The Bertz CT molecular complexity index is 1410. The third-order valence-electron chi connectivity index (χ3n) is 5.09. The molecular weight excluding hydrogens is 589 g/mol. The Morgan fingerprint density at radius 3 is 2.44 bits per heavy atom. The first kappa shape index (κ1) is 31.2. The Kier molecular flexibility index (Phi) is 9.66. The molecule has 1 fully saturated rings. The zero-order valence-corrected chi connectivity index (χ0v) is 22.6. The Labute approximate surface area is 219 Å². The minimum atomic E-state index is -5.77. The van der Waals surface area contributed by atoms with Crippen molar-refractivity contribution in [3.05, 3.63) is 58.1 Å². The minimum absolute atomic E-state index is 0.0751. The van der Waals surface area contributed by atoms with E-state index in [2.05, 4.69) is 18.1 Å². The van der Waals surface area contributed by atoms with Crippen LogP contribution in [0.25, 0.3) is 0 Å². The normalized spacial score (nSPS) is 23.5. The Morgan fingerprint density at radius 1 is 1.15 bits per heavy atom. The lowest BCUT2D eigenvalue weighted by Crippen LogP contribution is -2.31. The van der Waals surface area contributed by atoms with Crippen LogP contribution in [0.1, 0.15) is 41.5 Å². The third kappa shape index (κ3) is 8.85. The van der Waals surface area contributed by atoms with Crippen LogP contribution in [0.2, 0.25) is 0 Å². The van der Waals surface area contributed by atoms with E-state index in [4.69, 9.17) is 30.7 Å². The van der Waals surface area contributed by atoms with Gasteiger partial charge >= 0.3 is 35.1 Å². The van der Waals surface area contributed by atoms with Gasteiger partial charge in [-0.2, -0.15) is 13.6 Å². The molecule has 5 unspecified atom stereocenters. The summed E-state index contributed by atoms with van der Waals surface area (Å²) in [5.74, 6) is -0.919. The molecule has 8 N–H and O–H groups in total. The van der Waals surface area contributed by atoms with Crippen molar-refractivity contribution in [3.8, 4) is 0 Å². The summed E-state index contributed by atoms with van der Waals surface area (Å²) < 4.78 is 58.8. The molecule has 0 aliphatic carbocycles. The molecule has 3 rings (SSSR count). The van der Waals surface area contributed by atoms with E-state index in [0.717, 1.165) is 4.57 Å². The number of phosphoric acid groups is 3. The van der Waals surface area contributed by atoms with Gasteiger partial charge < -0.3 is 40.5 Å². The van der Waals surface area contributed by atoms with Crippen molar-refractivity contribution in [2.75, 3.05) is 12.3 Å². The largest absolute Gasteiger partial charge is 0.490 e. The fraction of sp³-hybridized carbons (Fsp3) is 0.389. The van der Waals surface area contributed by atoms with Crippen molar-refractivity contribution < 1.29 is 60.7 Å². The molecular formula is C18H25N4O14P3. The maximum atomic E-state index is 13.0. The van der Waals surface area contributed by atoms with E-state index in [1.54, 1.807) is 25.1 Å². The number of rotatable bonds is 11. The van der Waals surface area contributed by atoms with Crippen LogP contribution in [-0.2, 0) is 36.3 Å². The van der Waals surface area contributed by atoms with E-state index in [1.165, 1.54) is 18.3 Å². The number of carbonyl (C=O) groups excluding carboxylic acids is 1. The Balaban J connectivity index is 1.82. The number of phosphoric ester groups is 1. The molecule has 39 heavy (non-hydrogen) atoms. The highest BCUT2D eigenvalue weighted by atomic mass is 31.3. The van der Waals surface area contributed by atoms with E-state index in [9.17, 15) is 33.1 Å². The molecule has 6 atom stereocenters. The maximum absolute atomic E-state index is 13.0. The number of nitrogen functional groups attached to an aromatic ring is 1. The summed E-state index contributed by atoms with van der Waals surface area (Å²) in [5.41, 5.74) is 11.2. The van der Waals surface area contributed by atoms with Crippen LogP contribution in [0.15, 0.2) is 41.3 Å². The van der Waals surface area contributed by atoms with Gasteiger partial charge in [-0.1, -0.05) is 18.2 Å². The Hall–Kier alpha value is -2.30. The molecule has 0 spiro atoms. The van der Waals surface area contributed by atoms with Gasteiger partial charge in [0.1, 0.15) is 24.3 Å². The van der Waals surface area contributed by atoms with E-state index < -0.39 is 66.2 Å². The topological polar surface area (TPSA) is 282 Å². The molecule has 1 aromatic heterocycles. The summed E-state index contributed by atoms with van der Waals surface area (Å²) in [6.07, 6.45) is -2.63. The lowest BCUT2D eigenvalue weighted by molar-refractivity contribution is -0.0511. The van der Waals surface area contributed by atoms with Gasteiger partial charge in [-0.25, -0.2) is 23.3 Å². The first-order chi connectivity index (χ1) is 18.0. The molecule has 2 aromatic rings. The van der Waals surface area contributed by atoms with Crippen molar-refractivity contribution >= 4 is 35.3 Å². The van der Waals surface area contributed by atoms with Crippen LogP contribution < -0.4 is 17.2 Å². The number of ether oxygens (including phenoxy) is 2. The van der Waals surface area contributed by atoms with Crippen LogP contribution in [0.4, 0.5) is 5.82 Å². The monoisotopic (exact) mass is 614 g/mol. The number of nitrogens with two attached hydrogens (primary N) is 2. The molecule has 18 nitrogen and oxygen atoms in total. The molecule has 1 saturated heterocycles. The fourth-order valence-electron chi connectivity index (χ4n) is 3.54. The van der Waals surface area contributed by atoms with Gasteiger partial charge in [0.15, 0.2) is 0 Å². The van der Waals surface area contributed by atoms with Crippen LogP contribution in [0.3, 0.4) is 0 Å². The van der Waals surface area contributed by atoms with Crippen molar-refractivity contribution in [1.29, 1.82) is 0 Å². The lowest BCUT2D eigenvalue weighted by atomic mass is 10.0. The van der Waals surface area contributed by atoms with Crippen LogP contribution >= 0.6 is 23.5 Å². The molecule has 1 aliphatic rings. The highest BCUT2D eigenvalue weighted by Crippen LogP contribution is 2.66. The maximum Gasteiger partial charge on any atom is 0.490 e. The molecule has 21 heteroatoms. The van der Waals surface area contributed by atoms with E-state index in [0.29, 0.717) is 5.56 Å². The van der Waals surface area contributed by atoms with Gasteiger partial charge in [0.05, 0.1) is 12.2 Å². The standard InChI is InChI=1S/C18H25N4O14P3/c1-10(19)11-4-2-3-5-12(11)17(23)34-13-8-16(22-7-6-15(20)21-18(22)24)33-14(13)9-32-38(28,29)36-39(30,31)35-37(25,26)27/h2-7,10,13-14,16H,8-9,19H2,1H3,(H,28,29)(H,30,31)(H2,20,21,24)(H2,25,26,27)/t10?,13-,14?,16?/m1/s1. The summed E-state index contributed by atoms with van der Waals surface area (Å²) in [7, 11) is -16.9. The van der Waals surface area contributed by atoms with Crippen molar-refractivity contribution in [2.24, 2.45) is 5.73 Å². The first-order valence-electron chi connectivity index (χ1n) is 10.8. The molecule has 2 heterocycles. The predicted octanol–water partition coefficient (Wildman–Crippen LogP) is 0.702. The fourth-order valence-corrected chi connectivity index (χ4v) is 6.57. The van der Waals surface area contributed by atoms with Crippen LogP contribution in [0, 0.1) is 0 Å². The number of nitrogens with zero attached hydrogens (tertiary/aromatic N) is 2. The van der Waals surface area contributed by atoms with Gasteiger partial charge in [-0.15, -0.1) is 0 Å². The van der Waals surface area contributed by atoms with E-state index >= 15 is 0 Å². The second-order valence-corrected chi connectivity index (χ2v) is 12.5. The minimum Gasteiger partial charge on any atom is -0.456 e. The summed E-state index contributed by atoms with van der Waals surface area (Å²) >= 11 is 0. The van der Waals surface area contributed by atoms with Gasteiger partial charge in [0.25, 0.3) is 0 Å². The van der Waals surface area contributed by atoms with Crippen molar-refractivity contribution in [1.82, 2.24) is 9.55 Å². The van der Waals surface area contributed by atoms with Crippen LogP contribution in [0.5, 0.6) is 0 Å². The number of benzene rings is 1. The van der Waals surface area contributed by atoms with Gasteiger partial charge in [-0.3, -0.25) is 9.09 Å². The van der Waals surface area contributed by atoms with E-state index in [1.807, 2.05) is 0 Å². The predicted molar refractivity (Wildman–Crippen MR) is 130 cm³/mol. The summed E-state index contributed by atoms with van der Waals surface area (Å²) in [6, 6.07) is 7.07. The van der Waals surface area contributed by atoms with Gasteiger partial charge in [0, 0.05) is 18.7 Å². The molecule has 0 saturated carbocycles. The molecule has 0 amide bonds. The lowest BCUT2D eigenvalue weighted by Gasteiger charge is -2.21. The average molecular weight is 614 g/mol. The second-order valence-electron chi connectivity index (χ2n) is 8.11. The smallest absolute Gasteiger partial charge is 0.456 e. The quantitative estimate of drug-likeness (QED) is 0.150. The number of hydrogen-bond acceptors (Lipinski definition) is 13.